The highest BCUT2D eigenvalue weighted by molar-refractivity contribution is 5.99. The lowest BCUT2D eigenvalue weighted by molar-refractivity contribution is -0.157. The van der Waals surface area contributed by atoms with Crippen LogP contribution in [0.1, 0.15) is 59.3 Å². The van der Waals surface area contributed by atoms with Gasteiger partial charge in [0.05, 0.1) is 31.3 Å². The summed E-state index contributed by atoms with van der Waals surface area (Å²) >= 11 is 0. The molecule has 1 spiro atoms. The Bertz CT molecular complexity index is 872. The number of rotatable bonds is 7. The van der Waals surface area contributed by atoms with Gasteiger partial charge in [-0.3, -0.25) is 14.4 Å². The largest absolute Gasteiger partial charge is 0.465 e. The molecule has 8 nitrogen and oxygen atoms in total. The van der Waals surface area contributed by atoms with E-state index in [1.807, 2.05) is 38.2 Å². The number of ether oxygens (including phenoxy) is 2. The SMILES string of the molecule is CCCCN1CC=C[C@]23O[C@H]4/C=C\CCCCOC(=O)[C@H]4[C@H]2C(=O)N([C@@H](CO)[C@@H](C)CC)C3C1=O. The summed E-state index contributed by atoms with van der Waals surface area (Å²) in [6.07, 6.45) is 12.0. The van der Waals surface area contributed by atoms with Gasteiger partial charge in [0.25, 0.3) is 0 Å². The van der Waals surface area contributed by atoms with Crippen molar-refractivity contribution in [1.29, 1.82) is 0 Å². The van der Waals surface area contributed by atoms with E-state index in [0.29, 0.717) is 19.7 Å². The number of aliphatic hydroxyl groups excluding tert-OH is 1. The van der Waals surface area contributed by atoms with Gasteiger partial charge in [0.1, 0.15) is 17.6 Å². The fourth-order valence-corrected chi connectivity index (χ4v) is 6.12. The summed E-state index contributed by atoms with van der Waals surface area (Å²) in [6.45, 7) is 7.12. The van der Waals surface area contributed by atoms with Crippen LogP contribution in [0.5, 0.6) is 0 Å². The van der Waals surface area contributed by atoms with Crippen molar-refractivity contribution in [2.75, 3.05) is 26.3 Å². The van der Waals surface area contributed by atoms with Crippen molar-refractivity contribution < 1.29 is 29.0 Å². The number of aliphatic hydroxyl groups is 1. The van der Waals surface area contributed by atoms with E-state index in [1.165, 1.54) is 0 Å². The Morgan fingerprint density at radius 3 is 2.69 bits per heavy atom. The number of nitrogens with zero attached hydrogens (tertiary/aromatic N) is 2. The molecule has 0 saturated carbocycles. The first kappa shape index (κ1) is 25.9. The van der Waals surface area contributed by atoms with E-state index >= 15 is 0 Å². The number of likely N-dealkylation sites (tertiary alicyclic amines) is 1. The number of carbonyl (C=O) groups is 3. The zero-order valence-corrected chi connectivity index (χ0v) is 21.2. The van der Waals surface area contributed by atoms with Crippen LogP contribution in [0.25, 0.3) is 0 Å². The molecule has 194 valence electrons. The highest BCUT2D eigenvalue weighted by atomic mass is 16.6. The first-order valence-electron chi connectivity index (χ1n) is 13.3. The van der Waals surface area contributed by atoms with E-state index < -0.39 is 41.6 Å². The molecule has 2 amide bonds. The first-order valence-corrected chi connectivity index (χ1v) is 13.3. The second-order valence-corrected chi connectivity index (χ2v) is 10.4. The number of carbonyl (C=O) groups excluding carboxylic acids is 3. The molecule has 7 atom stereocenters. The van der Waals surface area contributed by atoms with Gasteiger partial charge in [0.2, 0.25) is 11.8 Å². The Hall–Kier alpha value is -2.19. The second kappa shape index (κ2) is 10.8. The molecule has 0 radical (unpaired) electrons. The maximum absolute atomic E-state index is 14.2. The average molecular weight is 489 g/mol. The molecule has 8 heteroatoms. The maximum atomic E-state index is 14.2. The number of unbranched alkanes of at least 4 members (excludes halogenated alkanes) is 1. The van der Waals surface area contributed by atoms with Crippen LogP contribution < -0.4 is 0 Å². The smallest absolute Gasteiger partial charge is 0.312 e. The molecule has 1 unspecified atom stereocenters. The van der Waals surface area contributed by atoms with Gasteiger partial charge in [-0.05, 0) is 31.6 Å². The summed E-state index contributed by atoms with van der Waals surface area (Å²) < 4.78 is 12.2. The van der Waals surface area contributed by atoms with Crippen molar-refractivity contribution in [1.82, 2.24) is 9.80 Å². The van der Waals surface area contributed by atoms with Gasteiger partial charge in [0, 0.05) is 13.1 Å². The molecule has 0 aromatic rings. The third-order valence-electron chi connectivity index (χ3n) is 8.25. The van der Waals surface area contributed by atoms with Crippen molar-refractivity contribution in [2.24, 2.45) is 17.8 Å². The van der Waals surface area contributed by atoms with Gasteiger partial charge in [-0.15, -0.1) is 0 Å². The van der Waals surface area contributed by atoms with Gasteiger partial charge in [-0.25, -0.2) is 0 Å². The topological polar surface area (TPSA) is 96.4 Å². The zero-order chi connectivity index (χ0) is 25.2. The van der Waals surface area contributed by atoms with Crippen molar-refractivity contribution in [2.45, 2.75) is 83.1 Å². The minimum Gasteiger partial charge on any atom is -0.465 e. The molecular weight excluding hydrogens is 448 g/mol. The Morgan fingerprint density at radius 2 is 1.97 bits per heavy atom. The first-order chi connectivity index (χ1) is 16.9. The molecule has 1 N–H and O–H groups in total. The molecule has 4 aliphatic heterocycles. The number of allylic oxidation sites excluding steroid dienone is 1. The monoisotopic (exact) mass is 488 g/mol. The lowest BCUT2D eigenvalue weighted by Gasteiger charge is -2.40. The van der Waals surface area contributed by atoms with Crippen molar-refractivity contribution in [3.63, 3.8) is 0 Å². The molecule has 0 aromatic heterocycles. The predicted molar refractivity (Wildman–Crippen MR) is 130 cm³/mol. The number of hydrogen-bond acceptors (Lipinski definition) is 6. The molecule has 0 aromatic carbocycles. The van der Waals surface area contributed by atoms with Gasteiger partial charge >= 0.3 is 5.97 Å². The Balaban J connectivity index is 1.83. The van der Waals surface area contributed by atoms with Gasteiger partial charge < -0.3 is 24.4 Å². The number of hydrogen-bond donors (Lipinski definition) is 1. The van der Waals surface area contributed by atoms with Crippen LogP contribution in [-0.4, -0.2) is 82.8 Å². The van der Waals surface area contributed by atoms with E-state index in [4.69, 9.17) is 9.47 Å². The van der Waals surface area contributed by atoms with Crippen LogP contribution >= 0.6 is 0 Å². The number of fused-ring (bicyclic) bond motifs is 2. The van der Waals surface area contributed by atoms with Crippen LogP contribution in [0.2, 0.25) is 0 Å². The second-order valence-electron chi connectivity index (χ2n) is 10.4. The Kier molecular flexibility index (Phi) is 8.01. The van der Waals surface area contributed by atoms with E-state index in [2.05, 4.69) is 6.92 Å². The fraction of sp³-hybridized carbons (Fsp3) is 0.741. The summed E-state index contributed by atoms with van der Waals surface area (Å²) in [5.41, 5.74) is -1.28. The van der Waals surface area contributed by atoms with Crippen LogP contribution in [-0.2, 0) is 23.9 Å². The van der Waals surface area contributed by atoms with Crippen molar-refractivity contribution in [3.8, 4) is 0 Å². The van der Waals surface area contributed by atoms with Crippen LogP contribution in [0.15, 0.2) is 24.3 Å². The van der Waals surface area contributed by atoms with E-state index in [0.717, 1.165) is 38.5 Å². The van der Waals surface area contributed by atoms with E-state index in [1.54, 1.807) is 9.80 Å². The normalized spacial score (nSPS) is 35.6. The minimum absolute atomic E-state index is 0.0318. The van der Waals surface area contributed by atoms with E-state index in [9.17, 15) is 19.5 Å². The molecule has 4 rings (SSSR count). The quantitative estimate of drug-likeness (QED) is 0.437. The average Bonchev–Trinajstić information content (AvgIpc) is 3.24. The molecule has 4 aliphatic rings. The van der Waals surface area contributed by atoms with Gasteiger partial charge in [-0.1, -0.05) is 57.9 Å². The summed E-state index contributed by atoms with van der Waals surface area (Å²) in [5, 5.41) is 10.4. The standard InChI is InChI=1S/C27H40N2O6/c1-4-6-14-28-15-11-13-27-22(21-20(35-27)12-9-7-8-10-16-34-26(21)33)24(31)29(23(27)25(28)32)19(17-30)18(3)5-2/h9,11-13,18-23,30H,4-8,10,14-17H2,1-3H3/b12-9-/t18-,19-,20-,21+,22-,23?,27-/m0/s1. The number of esters is 1. The van der Waals surface area contributed by atoms with E-state index in [-0.39, 0.29) is 24.3 Å². The van der Waals surface area contributed by atoms with Crippen LogP contribution in [0.3, 0.4) is 0 Å². The van der Waals surface area contributed by atoms with Crippen molar-refractivity contribution in [3.05, 3.63) is 24.3 Å². The number of cyclic esters (lactones) is 1. The summed E-state index contributed by atoms with van der Waals surface area (Å²) in [6, 6.07) is -1.47. The summed E-state index contributed by atoms with van der Waals surface area (Å²) in [4.78, 5) is 44.9. The lowest BCUT2D eigenvalue weighted by atomic mass is 9.78. The van der Waals surface area contributed by atoms with Gasteiger partial charge in [0.15, 0.2) is 0 Å². The number of amides is 2. The zero-order valence-electron chi connectivity index (χ0n) is 21.2. The highest BCUT2D eigenvalue weighted by Gasteiger charge is 2.72. The molecular formula is C27H40N2O6. The van der Waals surface area contributed by atoms with Crippen LogP contribution in [0, 0.1) is 17.8 Å². The fourth-order valence-electron chi connectivity index (χ4n) is 6.12. The molecule has 4 heterocycles. The maximum Gasteiger partial charge on any atom is 0.312 e. The third kappa shape index (κ3) is 4.44. The molecule has 0 aliphatic carbocycles. The summed E-state index contributed by atoms with van der Waals surface area (Å²) in [5.74, 6) is -2.68. The molecule has 2 saturated heterocycles. The lowest BCUT2D eigenvalue weighted by Crippen LogP contribution is -2.59. The summed E-state index contributed by atoms with van der Waals surface area (Å²) in [7, 11) is 0. The minimum atomic E-state index is -1.28. The van der Waals surface area contributed by atoms with Gasteiger partial charge in [-0.2, -0.15) is 0 Å². The predicted octanol–water partition coefficient (Wildman–Crippen LogP) is 2.46. The molecule has 2 fully saturated rings. The Morgan fingerprint density at radius 1 is 1.17 bits per heavy atom. The molecule has 35 heavy (non-hydrogen) atoms. The Labute approximate surface area is 208 Å². The van der Waals surface area contributed by atoms with Crippen LogP contribution in [0.4, 0.5) is 0 Å². The highest BCUT2D eigenvalue weighted by Crippen LogP contribution is 2.54. The molecule has 0 bridgehead atoms. The van der Waals surface area contributed by atoms with Crippen molar-refractivity contribution >= 4 is 17.8 Å². The third-order valence-corrected chi connectivity index (χ3v) is 8.25.